The number of nitrogens with zero attached hydrogens (tertiary/aromatic N) is 2. The van der Waals surface area contributed by atoms with Gasteiger partial charge in [0.15, 0.2) is 0 Å². The summed E-state index contributed by atoms with van der Waals surface area (Å²) in [7, 11) is 0. The second-order valence-electron chi connectivity index (χ2n) is 5.48. The van der Waals surface area contributed by atoms with E-state index in [1.807, 2.05) is 18.2 Å². The molecular formula is C16H16N4OS. The highest BCUT2D eigenvalue weighted by molar-refractivity contribution is 7.19. The first kappa shape index (κ1) is 13.5. The van der Waals surface area contributed by atoms with E-state index in [1.54, 1.807) is 17.5 Å². The zero-order valence-electron chi connectivity index (χ0n) is 12.1. The van der Waals surface area contributed by atoms with Crippen molar-refractivity contribution >= 4 is 27.5 Å². The lowest BCUT2D eigenvalue weighted by Gasteiger charge is -2.10. The number of hydrogen-bond donors (Lipinski definition) is 2. The van der Waals surface area contributed by atoms with Crippen molar-refractivity contribution in [2.75, 3.05) is 5.32 Å². The van der Waals surface area contributed by atoms with Gasteiger partial charge >= 0.3 is 0 Å². The van der Waals surface area contributed by atoms with E-state index < -0.39 is 0 Å². The van der Waals surface area contributed by atoms with Crippen molar-refractivity contribution in [3.63, 3.8) is 0 Å². The number of thiophene rings is 1. The molecule has 1 aliphatic carbocycles. The summed E-state index contributed by atoms with van der Waals surface area (Å²) >= 11 is 1.60. The molecule has 3 heterocycles. The number of hydrogen-bond acceptors (Lipinski definition) is 5. The van der Waals surface area contributed by atoms with Crippen molar-refractivity contribution < 1.29 is 0 Å². The zero-order chi connectivity index (χ0) is 14.9. The van der Waals surface area contributed by atoms with E-state index in [9.17, 15) is 4.79 Å². The van der Waals surface area contributed by atoms with Gasteiger partial charge in [-0.3, -0.25) is 14.8 Å². The molecule has 0 radical (unpaired) electrons. The van der Waals surface area contributed by atoms with Gasteiger partial charge in [0, 0.05) is 11.1 Å². The van der Waals surface area contributed by atoms with Gasteiger partial charge in [-0.15, -0.1) is 11.3 Å². The highest BCUT2D eigenvalue weighted by atomic mass is 32.1. The van der Waals surface area contributed by atoms with E-state index in [4.69, 9.17) is 0 Å². The minimum Gasteiger partial charge on any atom is -0.350 e. The number of nitrogens with one attached hydrogen (secondary N) is 2. The van der Waals surface area contributed by atoms with Crippen LogP contribution in [0, 0.1) is 0 Å². The standard InChI is InChI=1S/C16H16N4OS/c21-15-14-13(11-6-1-2-7-12(11)22-14)19-16(20-15)18-9-10-5-3-4-8-17-10/h3-5,8H,1-2,6-7,9H2,(H2,18,19,20,21). The summed E-state index contributed by atoms with van der Waals surface area (Å²) in [5.41, 5.74) is 3.02. The fourth-order valence-corrected chi connectivity index (χ4v) is 4.11. The number of rotatable bonds is 3. The summed E-state index contributed by atoms with van der Waals surface area (Å²) < 4.78 is 0.760. The molecule has 0 bridgehead atoms. The second-order valence-corrected chi connectivity index (χ2v) is 6.58. The van der Waals surface area contributed by atoms with Gasteiger partial charge in [-0.1, -0.05) is 6.07 Å². The zero-order valence-corrected chi connectivity index (χ0v) is 12.9. The van der Waals surface area contributed by atoms with Crippen molar-refractivity contribution in [1.29, 1.82) is 0 Å². The van der Waals surface area contributed by atoms with Gasteiger partial charge in [0.2, 0.25) is 5.95 Å². The first-order chi connectivity index (χ1) is 10.8. The fraction of sp³-hybridized carbons (Fsp3) is 0.312. The molecule has 6 heteroatoms. The molecule has 22 heavy (non-hydrogen) atoms. The van der Waals surface area contributed by atoms with E-state index in [0.717, 1.165) is 28.8 Å². The molecule has 112 valence electrons. The van der Waals surface area contributed by atoms with Crippen LogP contribution in [0.1, 0.15) is 29.0 Å². The number of H-pyrrole nitrogens is 1. The largest absolute Gasteiger partial charge is 0.350 e. The van der Waals surface area contributed by atoms with Crippen LogP contribution in [0.15, 0.2) is 29.2 Å². The Hall–Kier alpha value is -2.21. The Morgan fingerprint density at radius 3 is 3.05 bits per heavy atom. The first-order valence-corrected chi connectivity index (χ1v) is 8.31. The summed E-state index contributed by atoms with van der Waals surface area (Å²) in [6.45, 7) is 0.543. The molecule has 0 saturated carbocycles. The van der Waals surface area contributed by atoms with Gasteiger partial charge in [-0.2, -0.15) is 0 Å². The van der Waals surface area contributed by atoms with Crippen molar-refractivity contribution in [3.05, 3.63) is 50.9 Å². The molecule has 0 aromatic carbocycles. The summed E-state index contributed by atoms with van der Waals surface area (Å²) in [6.07, 6.45) is 6.26. The maximum atomic E-state index is 12.3. The van der Waals surface area contributed by atoms with Gasteiger partial charge in [0.25, 0.3) is 5.56 Å². The molecule has 0 unspecified atom stereocenters. The lowest BCUT2D eigenvalue weighted by molar-refractivity contribution is 0.699. The molecule has 2 N–H and O–H groups in total. The minimum atomic E-state index is -0.0482. The SMILES string of the molecule is O=c1[nH]c(NCc2ccccn2)nc2c3c(sc12)CCCC3. The Morgan fingerprint density at radius 1 is 1.27 bits per heavy atom. The third kappa shape index (κ3) is 2.39. The van der Waals surface area contributed by atoms with Gasteiger partial charge in [0.05, 0.1) is 17.8 Å². The number of pyridine rings is 1. The van der Waals surface area contributed by atoms with Crippen molar-refractivity contribution in [2.45, 2.75) is 32.2 Å². The average molecular weight is 312 g/mol. The molecule has 0 atom stereocenters. The van der Waals surface area contributed by atoms with Crippen LogP contribution in [-0.4, -0.2) is 15.0 Å². The smallest absolute Gasteiger partial charge is 0.270 e. The Labute approximate surface area is 131 Å². The van der Waals surface area contributed by atoms with Crippen LogP contribution >= 0.6 is 11.3 Å². The predicted octanol–water partition coefficient (Wildman–Crippen LogP) is 2.87. The van der Waals surface area contributed by atoms with Gasteiger partial charge in [-0.25, -0.2) is 4.98 Å². The molecular weight excluding hydrogens is 296 g/mol. The van der Waals surface area contributed by atoms with Crippen LogP contribution in [0.5, 0.6) is 0 Å². The second kappa shape index (κ2) is 5.53. The molecule has 0 fully saturated rings. The van der Waals surface area contributed by atoms with Crippen LogP contribution in [0.25, 0.3) is 10.2 Å². The molecule has 3 aromatic heterocycles. The molecule has 0 amide bonds. The first-order valence-electron chi connectivity index (χ1n) is 7.49. The summed E-state index contributed by atoms with van der Waals surface area (Å²) in [4.78, 5) is 25.4. The van der Waals surface area contributed by atoms with Gasteiger partial charge < -0.3 is 5.32 Å². The molecule has 0 aliphatic heterocycles. The third-order valence-corrected chi connectivity index (χ3v) is 5.25. The monoisotopic (exact) mass is 312 g/mol. The number of fused-ring (bicyclic) bond motifs is 3. The number of aromatic nitrogens is 3. The summed E-state index contributed by atoms with van der Waals surface area (Å²) in [5, 5.41) is 3.17. The van der Waals surface area contributed by atoms with Crippen molar-refractivity contribution in [2.24, 2.45) is 0 Å². The molecule has 0 spiro atoms. The number of aryl methyl sites for hydroxylation is 2. The van der Waals surface area contributed by atoms with Crippen LogP contribution in [0.2, 0.25) is 0 Å². The van der Waals surface area contributed by atoms with E-state index in [1.165, 1.54) is 23.3 Å². The Bertz CT molecular complexity index is 869. The average Bonchev–Trinajstić information content (AvgIpc) is 2.94. The highest BCUT2D eigenvalue weighted by Crippen LogP contribution is 2.33. The molecule has 1 aliphatic rings. The number of anilines is 1. The molecule has 3 aromatic rings. The van der Waals surface area contributed by atoms with Crippen LogP contribution < -0.4 is 10.9 Å². The van der Waals surface area contributed by atoms with Crippen LogP contribution in [0.3, 0.4) is 0 Å². The Morgan fingerprint density at radius 2 is 2.18 bits per heavy atom. The highest BCUT2D eigenvalue weighted by Gasteiger charge is 2.19. The Balaban J connectivity index is 1.68. The van der Waals surface area contributed by atoms with E-state index in [-0.39, 0.29) is 5.56 Å². The topological polar surface area (TPSA) is 70.7 Å². The summed E-state index contributed by atoms with van der Waals surface area (Å²) in [6, 6.07) is 5.77. The van der Waals surface area contributed by atoms with E-state index >= 15 is 0 Å². The van der Waals surface area contributed by atoms with Crippen LogP contribution in [0.4, 0.5) is 5.95 Å². The van der Waals surface area contributed by atoms with Gasteiger partial charge in [-0.05, 0) is 43.4 Å². The Kier molecular flexibility index (Phi) is 3.38. The normalized spacial score (nSPS) is 14.0. The van der Waals surface area contributed by atoms with Crippen molar-refractivity contribution in [3.8, 4) is 0 Å². The third-order valence-electron chi connectivity index (χ3n) is 3.97. The van der Waals surface area contributed by atoms with E-state index in [2.05, 4.69) is 20.3 Å². The van der Waals surface area contributed by atoms with E-state index in [0.29, 0.717) is 12.5 Å². The molecule has 5 nitrogen and oxygen atoms in total. The van der Waals surface area contributed by atoms with Gasteiger partial charge in [0.1, 0.15) is 4.70 Å². The minimum absolute atomic E-state index is 0.0482. The fourth-order valence-electron chi connectivity index (χ4n) is 2.89. The quantitative estimate of drug-likeness (QED) is 0.780. The lowest BCUT2D eigenvalue weighted by Crippen LogP contribution is -2.13. The molecule has 0 saturated heterocycles. The predicted molar refractivity (Wildman–Crippen MR) is 88.4 cm³/mol. The summed E-state index contributed by atoms with van der Waals surface area (Å²) in [5.74, 6) is 0.523. The van der Waals surface area contributed by atoms with Crippen molar-refractivity contribution in [1.82, 2.24) is 15.0 Å². The lowest BCUT2D eigenvalue weighted by atomic mass is 9.98. The molecule has 4 rings (SSSR count). The maximum Gasteiger partial charge on any atom is 0.270 e. The number of aromatic amines is 1. The maximum absolute atomic E-state index is 12.3. The van der Waals surface area contributed by atoms with Crippen LogP contribution in [-0.2, 0) is 19.4 Å².